The van der Waals surface area contributed by atoms with Crippen LogP contribution in [0, 0.1) is 0 Å². The summed E-state index contributed by atoms with van der Waals surface area (Å²) in [5, 5.41) is 33.5. The molecule has 0 spiro atoms. The molecule has 1 amide bonds. The molecule has 0 aromatic heterocycles. The molecule has 0 aliphatic heterocycles. The highest BCUT2D eigenvalue weighted by atomic mass is 16.3. The molecule has 0 aliphatic rings. The Morgan fingerprint density at radius 2 is 0.582 bits per heavy atom. The number of aliphatic hydroxyl groups is 3. The van der Waals surface area contributed by atoms with E-state index in [0.717, 1.165) is 32.1 Å². The maximum atomic E-state index is 12.6. The van der Waals surface area contributed by atoms with E-state index in [-0.39, 0.29) is 6.61 Å². The zero-order valence-electron chi connectivity index (χ0n) is 45.8. The first-order chi connectivity index (χ1) is 33.1. The summed E-state index contributed by atoms with van der Waals surface area (Å²) in [5.41, 5.74) is 0. The first-order valence-electron chi connectivity index (χ1n) is 31.0. The Balaban J connectivity index is 3.50. The summed E-state index contributed by atoms with van der Waals surface area (Å²) >= 11 is 0. The Hall–Kier alpha value is -0.910. The van der Waals surface area contributed by atoms with Gasteiger partial charge in [0, 0.05) is 0 Å². The third-order valence-corrected chi connectivity index (χ3v) is 14.9. The third-order valence-electron chi connectivity index (χ3n) is 14.9. The van der Waals surface area contributed by atoms with Crippen LogP contribution in [0.3, 0.4) is 0 Å². The van der Waals surface area contributed by atoms with Crippen LogP contribution in [0.5, 0.6) is 0 Å². The predicted molar refractivity (Wildman–Crippen MR) is 296 cm³/mol. The lowest BCUT2D eigenvalue weighted by Crippen LogP contribution is -2.48. The van der Waals surface area contributed by atoms with Gasteiger partial charge in [-0.25, -0.2) is 0 Å². The lowest BCUT2D eigenvalue weighted by Gasteiger charge is -2.21. The van der Waals surface area contributed by atoms with Gasteiger partial charge in [-0.2, -0.15) is 0 Å². The zero-order valence-corrected chi connectivity index (χ0v) is 45.8. The molecule has 400 valence electrons. The summed E-state index contributed by atoms with van der Waals surface area (Å²) in [5.74, 6) is -0.494. The molecule has 67 heavy (non-hydrogen) atoms. The predicted octanol–water partition coefficient (Wildman–Crippen LogP) is 19.5. The standard InChI is InChI=1S/C62H123NO4/c1-3-5-7-9-11-13-15-17-19-21-23-25-27-28-29-30-31-32-33-35-37-39-41-43-45-47-49-51-53-55-57-61(66)62(67)63-59(58-64)60(65)56-54-52-50-48-46-44-42-40-38-36-34-26-24-22-20-18-16-14-12-10-8-6-4-2/h54,56,59-61,64-66H,3-53,55,57-58H2,1-2H3,(H,63,67)/b56-54+. The number of hydrogen-bond acceptors (Lipinski definition) is 4. The normalized spacial score (nSPS) is 13.2. The average Bonchev–Trinajstić information content (AvgIpc) is 3.33. The smallest absolute Gasteiger partial charge is 0.249 e. The molecule has 0 heterocycles. The van der Waals surface area contributed by atoms with Crippen molar-refractivity contribution in [2.75, 3.05) is 6.61 Å². The second kappa shape index (κ2) is 57.7. The topological polar surface area (TPSA) is 89.8 Å². The van der Waals surface area contributed by atoms with E-state index in [9.17, 15) is 20.1 Å². The van der Waals surface area contributed by atoms with Crippen LogP contribution in [0.1, 0.15) is 354 Å². The molecule has 0 aliphatic carbocycles. The number of carbonyl (C=O) groups is 1. The van der Waals surface area contributed by atoms with Crippen molar-refractivity contribution >= 4 is 5.91 Å². The van der Waals surface area contributed by atoms with Gasteiger partial charge in [0.15, 0.2) is 0 Å². The summed E-state index contributed by atoms with van der Waals surface area (Å²) in [6.07, 6.45) is 73.2. The van der Waals surface area contributed by atoms with Crippen molar-refractivity contribution in [2.24, 2.45) is 0 Å². The van der Waals surface area contributed by atoms with Gasteiger partial charge in [0.05, 0.1) is 18.8 Å². The second-order valence-corrected chi connectivity index (χ2v) is 21.6. The number of carbonyl (C=O) groups excluding carboxylic acids is 1. The summed E-state index contributed by atoms with van der Waals surface area (Å²) in [6.45, 7) is 4.23. The van der Waals surface area contributed by atoms with E-state index in [1.165, 1.54) is 302 Å². The molecule has 0 saturated heterocycles. The highest BCUT2D eigenvalue weighted by Crippen LogP contribution is 2.19. The quantitative estimate of drug-likeness (QED) is 0.0361. The molecule has 0 rings (SSSR count). The molecule has 0 fully saturated rings. The van der Waals surface area contributed by atoms with Crippen LogP contribution in [0.2, 0.25) is 0 Å². The maximum absolute atomic E-state index is 12.6. The van der Waals surface area contributed by atoms with Crippen LogP contribution in [-0.2, 0) is 4.79 Å². The van der Waals surface area contributed by atoms with Crippen molar-refractivity contribution in [1.29, 1.82) is 0 Å². The SMILES string of the molecule is CCCCCCCCCCCCCCCCCCCCCCC/C=C/C(O)C(CO)NC(=O)C(O)CCCCCCCCCCCCCCCCCCCCCCCCCCCCCCCC. The Bertz CT molecular complexity index is 956. The molecule has 0 saturated carbocycles. The minimum absolute atomic E-state index is 0.358. The van der Waals surface area contributed by atoms with Crippen molar-refractivity contribution in [1.82, 2.24) is 5.32 Å². The van der Waals surface area contributed by atoms with E-state index in [0.29, 0.717) is 6.42 Å². The van der Waals surface area contributed by atoms with Gasteiger partial charge in [-0.1, -0.05) is 347 Å². The molecule has 5 heteroatoms. The number of amides is 1. The monoisotopic (exact) mass is 946 g/mol. The van der Waals surface area contributed by atoms with Crippen molar-refractivity contribution in [2.45, 2.75) is 372 Å². The number of nitrogens with one attached hydrogen (secondary N) is 1. The summed E-state index contributed by atoms with van der Waals surface area (Å²) in [6, 6.07) is -0.795. The molecule has 5 nitrogen and oxygen atoms in total. The van der Waals surface area contributed by atoms with E-state index in [4.69, 9.17) is 0 Å². The fourth-order valence-electron chi connectivity index (χ4n) is 10.1. The van der Waals surface area contributed by atoms with Gasteiger partial charge in [-0.15, -0.1) is 0 Å². The van der Waals surface area contributed by atoms with Gasteiger partial charge >= 0.3 is 0 Å². The minimum atomic E-state index is -1.09. The highest BCUT2D eigenvalue weighted by Gasteiger charge is 2.22. The minimum Gasteiger partial charge on any atom is -0.394 e. The molecular weight excluding hydrogens is 823 g/mol. The van der Waals surface area contributed by atoms with Gasteiger partial charge in [-0.05, 0) is 19.3 Å². The van der Waals surface area contributed by atoms with Crippen LogP contribution in [0.25, 0.3) is 0 Å². The van der Waals surface area contributed by atoms with E-state index in [1.807, 2.05) is 6.08 Å². The summed E-state index contributed by atoms with van der Waals surface area (Å²) in [7, 11) is 0. The van der Waals surface area contributed by atoms with Gasteiger partial charge in [0.2, 0.25) is 5.91 Å². The Labute approximate surface area is 420 Å². The second-order valence-electron chi connectivity index (χ2n) is 21.6. The van der Waals surface area contributed by atoms with Crippen molar-refractivity contribution in [3.05, 3.63) is 12.2 Å². The maximum Gasteiger partial charge on any atom is 0.249 e. The molecule has 4 N–H and O–H groups in total. The fourth-order valence-corrected chi connectivity index (χ4v) is 10.1. The fraction of sp³-hybridized carbons (Fsp3) is 0.952. The largest absolute Gasteiger partial charge is 0.394 e. The van der Waals surface area contributed by atoms with E-state index in [2.05, 4.69) is 19.2 Å². The highest BCUT2D eigenvalue weighted by molar-refractivity contribution is 5.80. The molecule has 0 bridgehead atoms. The number of aliphatic hydroxyl groups excluding tert-OH is 3. The average molecular weight is 947 g/mol. The van der Waals surface area contributed by atoms with Crippen LogP contribution in [0.4, 0.5) is 0 Å². The van der Waals surface area contributed by atoms with E-state index >= 15 is 0 Å². The number of unbranched alkanes of at least 4 members (excludes halogenated alkanes) is 50. The van der Waals surface area contributed by atoms with Gasteiger partial charge in [0.1, 0.15) is 6.10 Å². The van der Waals surface area contributed by atoms with Crippen LogP contribution < -0.4 is 5.32 Å². The molecule has 3 atom stereocenters. The first-order valence-corrected chi connectivity index (χ1v) is 31.0. The lowest BCUT2D eigenvalue weighted by atomic mass is 10.0. The Morgan fingerprint density at radius 1 is 0.358 bits per heavy atom. The first kappa shape index (κ1) is 66.1. The Morgan fingerprint density at radius 3 is 0.821 bits per heavy atom. The molecule has 0 radical (unpaired) electrons. The van der Waals surface area contributed by atoms with Gasteiger partial charge < -0.3 is 20.6 Å². The van der Waals surface area contributed by atoms with Crippen molar-refractivity contribution in [3.63, 3.8) is 0 Å². The van der Waals surface area contributed by atoms with Crippen LogP contribution in [-0.4, -0.2) is 46.1 Å². The number of rotatable bonds is 58. The lowest BCUT2D eigenvalue weighted by molar-refractivity contribution is -0.131. The van der Waals surface area contributed by atoms with Crippen LogP contribution in [0.15, 0.2) is 12.2 Å². The van der Waals surface area contributed by atoms with Crippen molar-refractivity contribution < 1.29 is 20.1 Å². The van der Waals surface area contributed by atoms with Crippen molar-refractivity contribution in [3.8, 4) is 0 Å². The molecule has 3 unspecified atom stereocenters. The summed E-state index contributed by atoms with van der Waals surface area (Å²) < 4.78 is 0. The molecule has 0 aromatic carbocycles. The molecular formula is C62H123NO4. The zero-order chi connectivity index (χ0) is 48.6. The van der Waals surface area contributed by atoms with Gasteiger partial charge in [0.25, 0.3) is 0 Å². The number of allylic oxidation sites excluding steroid dienone is 1. The van der Waals surface area contributed by atoms with E-state index < -0.39 is 24.2 Å². The van der Waals surface area contributed by atoms with Gasteiger partial charge in [-0.3, -0.25) is 4.79 Å². The summed E-state index contributed by atoms with van der Waals surface area (Å²) in [4.78, 5) is 12.6. The van der Waals surface area contributed by atoms with E-state index in [1.54, 1.807) is 6.08 Å². The number of hydrogen-bond donors (Lipinski definition) is 4. The third kappa shape index (κ3) is 52.7. The molecule has 0 aromatic rings. The Kier molecular flexibility index (Phi) is 56.9. The van der Waals surface area contributed by atoms with Crippen LogP contribution >= 0.6 is 0 Å².